The third kappa shape index (κ3) is 3.11. The predicted octanol–water partition coefficient (Wildman–Crippen LogP) is 2.16. The molecule has 82 valence electrons. The Balaban J connectivity index is 2.18. The van der Waals surface area contributed by atoms with Gasteiger partial charge in [-0.3, -0.25) is 4.21 Å². The number of halogens is 1. The van der Waals surface area contributed by atoms with E-state index in [9.17, 15) is 8.76 Å². The highest BCUT2D eigenvalue weighted by Gasteiger charge is 2.28. The Morgan fingerprint density at radius 3 is 2.93 bits per heavy atom. The second kappa shape index (κ2) is 4.74. The molecule has 0 amide bonds. The lowest BCUT2D eigenvalue weighted by Gasteiger charge is -2.19. The Bertz CT molecular complexity index is 379. The lowest BCUT2D eigenvalue weighted by Crippen LogP contribution is -2.08. The van der Waals surface area contributed by atoms with E-state index >= 15 is 0 Å². The molecule has 1 aliphatic rings. The third-order valence-electron chi connectivity index (χ3n) is 2.33. The smallest absolute Gasteiger partial charge is 0.0824 e. The molecule has 1 heterocycles. The van der Waals surface area contributed by atoms with E-state index in [-0.39, 0.29) is 6.10 Å². The number of hydrogen-bond acceptors (Lipinski definition) is 3. The van der Waals surface area contributed by atoms with E-state index in [2.05, 4.69) is 15.9 Å². The van der Waals surface area contributed by atoms with Gasteiger partial charge >= 0.3 is 0 Å². The molecule has 0 bridgehead atoms. The minimum Gasteiger partial charge on any atom is -0.772 e. The molecule has 5 heteroatoms. The van der Waals surface area contributed by atoms with Crippen LogP contribution in [-0.2, 0) is 15.8 Å². The molecule has 0 saturated carbocycles. The summed E-state index contributed by atoms with van der Waals surface area (Å²) in [5.74, 6) is 0. The van der Waals surface area contributed by atoms with Gasteiger partial charge in [-0.25, -0.2) is 0 Å². The Hall–Kier alpha value is -0.230. The van der Waals surface area contributed by atoms with Crippen molar-refractivity contribution < 1.29 is 13.5 Å². The molecule has 2 rings (SSSR count). The van der Waals surface area contributed by atoms with Crippen molar-refractivity contribution in [1.29, 1.82) is 0 Å². The van der Waals surface area contributed by atoms with Crippen LogP contribution >= 0.6 is 15.9 Å². The Labute approximate surface area is 99.2 Å². The Morgan fingerprint density at radius 1 is 1.67 bits per heavy atom. The van der Waals surface area contributed by atoms with Gasteiger partial charge in [0.1, 0.15) is 0 Å². The van der Waals surface area contributed by atoms with Crippen LogP contribution in [0.5, 0.6) is 0 Å². The molecule has 0 N–H and O–H groups in total. The predicted molar refractivity (Wildman–Crippen MR) is 60.2 cm³/mol. The van der Waals surface area contributed by atoms with E-state index in [1.165, 1.54) is 0 Å². The van der Waals surface area contributed by atoms with E-state index in [4.69, 9.17) is 4.74 Å². The molecule has 1 aromatic rings. The van der Waals surface area contributed by atoms with Gasteiger partial charge < -0.3 is 9.29 Å². The fraction of sp³-hybridized carbons (Fsp3) is 0.400. The summed E-state index contributed by atoms with van der Waals surface area (Å²) in [6.45, 7) is 0.682. The zero-order valence-corrected chi connectivity index (χ0v) is 10.3. The van der Waals surface area contributed by atoms with Crippen LogP contribution in [0.4, 0.5) is 0 Å². The van der Waals surface area contributed by atoms with Gasteiger partial charge in [0.15, 0.2) is 0 Å². The molecule has 15 heavy (non-hydrogen) atoms. The first-order valence-electron chi connectivity index (χ1n) is 4.62. The maximum absolute atomic E-state index is 11.1. The van der Waals surface area contributed by atoms with Gasteiger partial charge in [-0.05, 0) is 35.2 Å². The molecule has 0 spiro atoms. The first-order valence-corrected chi connectivity index (χ1v) is 6.55. The van der Waals surface area contributed by atoms with Gasteiger partial charge in [0, 0.05) is 9.72 Å². The number of epoxide rings is 1. The lowest BCUT2D eigenvalue weighted by atomic mass is 10.1. The van der Waals surface area contributed by atoms with E-state index in [1.807, 2.05) is 24.3 Å². The summed E-state index contributed by atoms with van der Waals surface area (Å²) in [5.41, 5.74) is 0.813. The van der Waals surface area contributed by atoms with Crippen molar-refractivity contribution in [2.45, 2.75) is 17.8 Å². The summed E-state index contributed by atoms with van der Waals surface area (Å²) in [7, 11) is 0. The van der Waals surface area contributed by atoms with E-state index in [0.717, 1.165) is 10.0 Å². The molecule has 3 atom stereocenters. The molecular formula is C10H10BrO3S-. The topological polar surface area (TPSA) is 52.7 Å². The summed E-state index contributed by atoms with van der Waals surface area (Å²) < 4.78 is 28.2. The van der Waals surface area contributed by atoms with Crippen molar-refractivity contribution in [3.05, 3.63) is 34.3 Å². The van der Waals surface area contributed by atoms with Gasteiger partial charge in [0.25, 0.3) is 0 Å². The summed E-state index contributed by atoms with van der Waals surface area (Å²) in [6.07, 6.45) is 0.666. The van der Waals surface area contributed by atoms with Crippen molar-refractivity contribution in [2.24, 2.45) is 0 Å². The normalized spacial score (nSPS) is 23.5. The number of benzene rings is 1. The Morgan fingerprint density at radius 2 is 2.40 bits per heavy atom. The zero-order valence-electron chi connectivity index (χ0n) is 7.89. The van der Waals surface area contributed by atoms with E-state index in [0.29, 0.717) is 13.0 Å². The van der Waals surface area contributed by atoms with Gasteiger partial charge in [-0.2, -0.15) is 0 Å². The van der Waals surface area contributed by atoms with Crippen molar-refractivity contribution >= 4 is 27.0 Å². The number of ether oxygens (including phenoxy) is 1. The summed E-state index contributed by atoms with van der Waals surface area (Å²) in [4.78, 5) is 0. The maximum Gasteiger partial charge on any atom is 0.0824 e. The Kier molecular flexibility index (Phi) is 3.56. The van der Waals surface area contributed by atoms with Crippen LogP contribution in [0.1, 0.15) is 17.2 Å². The van der Waals surface area contributed by atoms with Gasteiger partial charge in [-0.15, -0.1) is 0 Å². The summed E-state index contributed by atoms with van der Waals surface area (Å²) in [5, 5.41) is -0.463. The van der Waals surface area contributed by atoms with E-state index in [1.54, 1.807) is 0 Å². The van der Waals surface area contributed by atoms with Crippen molar-refractivity contribution in [3.63, 3.8) is 0 Å². The average molecular weight is 290 g/mol. The highest BCUT2D eigenvalue weighted by atomic mass is 79.9. The molecule has 0 aliphatic carbocycles. The molecule has 3 nitrogen and oxygen atoms in total. The molecule has 1 fully saturated rings. The minimum atomic E-state index is -2.09. The van der Waals surface area contributed by atoms with Crippen molar-refractivity contribution in [3.8, 4) is 0 Å². The van der Waals surface area contributed by atoms with Crippen LogP contribution in [0.3, 0.4) is 0 Å². The van der Waals surface area contributed by atoms with Crippen LogP contribution in [0, 0.1) is 0 Å². The summed E-state index contributed by atoms with van der Waals surface area (Å²) >= 11 is 1.24. The second-order valence-corrected chi connectivity index (χ2v) is 5.50. The monoisotopic (exact) mass is 289 g/mol. The number of rotatable bonds is 4. The molecule has 1 aromatic carbocycles. The van der Waals surface area contributed by atoms with Crippen LogP contribution in [0.2, 0.25) is 0 Å². The molecular weight excluding hydrogens is 280 g/mol. The average Bonchev–Trinajstić information content (AvgIpc) is 2.97. The maximum atomic E-state index is 11.1. The van der Waals surface area contributed by atoms with Gasteiger partial charge in [-0.1, -0.05) is 28.1 Å². The molecule has 0 radical (unpaired) electrons. The van der Waals surface area contributed by atoms with Crippen LogP contribution < -0.4 is 0 Å². The first kappa shape index (κ1) is 11.3. The fourth-order valence-corrected chi connectivity index (χ4v) is 2.63. The fourth-order valence-electron chi connectivity index (χ4n) is 1.48. The standard InChI is InChI=1S/C10H11BrO3S/c11-8-3-1-2-7(4-8)10(15(12)13)5-9-6-14-9/h1-4,9-10H,5-6H2,(H,12,13)/p-1. The van der Waals surface area contributed by atoms with E-state index < -0.39 is 16.3 Å². The lowest BCUT2D eigenvalue weighted by molar-refractivity contribution is 0.390. The molecule has 3 unspecified atom stereocenters. The minimum absolute atomic E-state index is 0.117. The first-order chi connectivity index (χ1) is 7.16. The van der Waals surface area contributed by atoms with Crippen molar-refractivity contribution in [2.75, 3.05) is 6.61 Å². The number of hydrogen-bond donors (Lipinski definition) is 0. The van der Waals surface area contributed by atoms with Crippen LogP contribution in [-0.4, -0.2) is 21.5 Å². The van der Waals surface area contributed by atoms with Crippen molar-refractivity contribution in [1.82, 2.24) is 0 Å². The van der Waals surface area contributed by atoms with Gasteiger partial charge in [0.2, 0.25) is 0 Å². The second-order valence-electron chi connectivity index (χ2n) is 3.50. The highest BCUT2D eigenvalue weighted by molar-refractivity contribution is 9.10. The largest absolute Gasteiger partial charge is 0.772 e. The van der Waals surface area contributed by atoms with Gasteiger partial charge in [0.05, 0.1) is 12.7 Å². The zero-order chi connectivity index (χ0) is 10.8. The molecule has 1 saturated heterocycles. The molecule has 1 aliphatic heterocycles. The SMILES string of the molecule is O=S([O-])C(CC1CO1)c1cccc(Br)c1. The third-order valence-corrected chi connectivity index (χ3v) is 3.75. The highest BCUT2D eigenvalue weighted by Crippen LogP contribution is 2.30. The quantitative estimate of drug-likeness (QED) is 0.630. The van der Waals surface area contributed by atoms with Crippen LogP contribution in [0.15, 0.2) is 28.7 Å². The summed E-state index contributed by atoms with van der Waals surface area (Å²) in [6, 6.07) is 7.38. The molecule has 0 aromatic heterocycles. The van der Waals surface area contributed by atoms with Crippen LogP contribution in [0.25, 0.3) is 0 Å².